The third kappa shape index (κ3) is 3.63. The Morgan fingerprint density at radius 3 is 2.71 bits per heavy atom. The van der Waals surface area contributed by atoms with Gasteiger partial charge in [-0.3, -0.25) is 9.48 Å². The quantitative estimate of drug-likeness (QED) is 0.409. The van der Waals surface area contributed by atoms with E-state index in [0.29, 0.717) is 41.9 Å². The zero-order valence-corrected chi connectivity index (χ0v) is 18.4. The van der Waals surface area contributed by atoms with Crippen LogP contribution in [0.3, 0.4) is 0 Å². The van der Waals surface area contributed by atoms with Gasteiger partial charge in [0.05, 0.1) is 23.9 Å². The highest BCUT2D eigenvalue weighted by Crippen LogP contribution is 2.59. The number of fused-ring (bicyclic) bond motifs is 1. The lowest BCUT2D eigenvalue weighted by Crippen LogP contribution is -2.36. The molecule has 35 heavy (non-hydrogen) atoms. The molecule has 1 unspecified atom stereocenters. The summed E-state index contributed by atoms with van der Waals surface area (Å²) in [5, 5.41) is 21.1. The van der Waals surface area contributed by atoms with Crippen molar-refractivity contribution < 1.29 is 23.2 Å². The lowest BCUT2D eigenvalue weighted by Gasteiger charge is -2.34. The maximum absolute atomic E-state index is 14.6. The molecule has 2 bridgehead atoms. The van der Waals surface area contributed by atoms with E-state index in [9.17, 15) is 18.7 Å². The third-order valence-corrected chi connectivity index (χ3v) is 6.99. The molecule has 0 radical (unpaired) electrons. The maximum atomic E-state index is 14.6. The van der Waals surface area contributed by atoms with Crippen LogP contribution in [-0.4, -0.2) is 42.0 Å². The summed E-state index contributed by atoms with van der Waals surface area (Å²) in [5.41, 5.74) is 1.11. The fourth-order valence-corrected chi connectivity index (χ4v) is 5.17. The van der Waals surface area contributed by atoms with Crippen LogP contribution in [0.15, 0.2) is 53.4 Å². The normalized spacial score (nSPS) is 22.7. The van der Waals surface area contributed by atoms with E-state index in [4.69, 9.17) is 4.52 Å². The molecule has 1 atom stereocenters. The standard InChI is InChI=1S/C24H20F2N6O3/c25-15-4-2-1-3-13(15)12-32-20(17-5-6-35-31-17)7-18(30-32)22-27-11-16(26)21(29-22)28-19-10-24(23(33)34)8-14(19)9-24/h1-7,11,14,19H,8-10,12H2,(H,33,34)(H,27,28,29). The molecule has 3 aliphatic carbocycles. The van der Waals surface area contributed by atoms with E-state index >= 15 is 0 Å². The highest BCUT2D eigenvalue weighted by molar-refractivity contribution is 5.77. The Hall–Kier alpha value is -4.15. The summed E-state index contributed by atoms with van der Waals surface area (Å²) in [7, 11) is 0. The number of hydrogen-bond acceptors (Lipinski definition) is 7. The minimum atomic E-state index is -0.803. The number of rotatable bonds is 7. The number of carboxylic acid groups (broad SMARTS) is 1. The Kier molecular flexibility index (Phi) is 4.87. The minimum Gasteiger partial charge on any atom is -0.481 e. The van der Waals surface area contributed by atoms with Crippen molar-refractivity contribution >= 4 is 11.8 Å². The molecule has 0 saturated heterocycles. The topological polar surface area (TPSA) is 119 Å². The predicted octanol–water partition coefficient (Wildman–Crippen LogP) is 3.99. The largest absolute Gasteiger partial charge is 0.481 e. The molecule has 3 fully saturated rings. The second kappa shape index (κ2) is 7.97. The number of halogens is 2. The zero-order valence-electron chi connectivity index (χ0n) is 18.4. The summed E-state index contributed by atoms with van der Waals surface area (Å²) >= 11 is 0. The van der Waals surface area contributed by atoms with Crippen molar-refractivity contribution in [3.8, 4) is 22.9 Å². The van der Waals surface area contributed by atoms with Crippen LogP contribution in [0, 0.1) is 23.0 Å². The van der Waals surface area contributed by atoms with Gasteiger partial charge in [-0.1, -0.05) is 23.4 Å². The van der Waals surface area contributed by atoms with Crippen LogP contribution in [0.1, 0.15) is 24.8 Å². The van der Waals surface area contributed by atoms with Crippen LogP contribution in [0.25, 0.3) is 22.9 Å². The molecule has 3 aliphatic rings. The van der Waals surface area contributed by atoms with E-state index in [1.54, 1.807) is 35.0 Å². The van der Waals surface area contributed by atoms with E-state index in [1.807, 2.05) is 0 Å². The van der Waals surface area contributed by atoms with E-state index in [-0.39, 0.29) is 36.0 Å². The molecule has 2 N–H and O–H groups in total. The SMILES string of the molecule is O=C(O)C12CC(C1)C(Nc1nc(-c3cc(-c4ccon4)n(Cc4ccccc4F)n3)ncc1F)C2. The first-order valence-electron chi connectivity index (χ1n) is 11.2. The average molecular weight is 478 g/mol. The number of carboxylic acids is 1. The first-order chi connectivity index (χ1) is 16.9. The van der Waals surface area contributed by atoms with Crippen LogP contribution >= 0.6 is 0 Å². The zero-order chi connectivity index (χ0) is 24.2. The summed E-state index contributed by atoms with van der Waals surface area (Å²) < 4.78 is 35.4. The maximum Gasteiger partial charge on any atom is 0.309 e. The molecule has 11 heteroatoms. The molecule has 7 rings (SSSR count). The molecule has 0 spiro atoms. The second-order valence-electron chi connectivity index (χ2n) is 9.15. The lowest BCUT2D eigenvalue weighted by atomic mass is 9.70. The van der Waals surface area contributed by atoms with Crippen molar-refractivity contribution in [2.75, 3.05) is 5.32 Å². The smallest absolute Gasteiger partial charge is 0.309 e. The molecule has 3 saturated carbocycles. The van der Waals surface area contributed by atoms with Gasteiger partial charge in [0.2, 0.25) is 0 Å². The van der Waals surface area contributed by atoms with Crippen molar-refractivity contribution in [2.24, 2.45) is 11.3 Å². The monoisotopic (exact) mass is 478 g/mol. The van der Waals surface area contributed by atoms with Crippen molar-refractivity contribution in [1.82, 2.24) is 24.9 Å². The minimum absolute atomic E-state index is 0.000251. The van der Waals surface area contributed by atoms with Gasteiger partial charge >= 0.3 is 5.97 Å². The molecular formula is C24H20F2N6O3. The first-order valence-corrected chi connectivity index (χ1v) is 11.2. The molecule has 3 aromatic heterocycles. The number of nitrogens with zero attached hydrogens (tertiary/aromatic N) is 5. The summed E-state index contributed by atoms with van der Waals surface area (Å²) in [4.78, 5) is 20.0. The van der Waals surface area contributed by atoms with Crippen molar-refractivity contribution in [3.63, 3.8) is 0 Å². The molecule has 178 valence electrons. The Labute approximate surface area is 197 Å². The highest BCUT2D eigenvalue weighted by atomic mass is 19.1. The number of carbonyl (C=O) groups is 1. The highest BCUT2D eigenvalue weighted by Gasteiger charge is 2.60. The second-order valence-corrected chi connectivity index (χ2v) is 9.15. The van der Waals surface area contributed by atoms with E-state index < -0.39 is 17.2 Å². The van der Waals surface area contributed by atoms with Crippen LogP contribution in [0.4, 0.5) is 14.6 Å². The number of anilines is 1. The Bertz CT molecular complexity index is 1410. The summed E-state index contributed by atoms with van der Waals surface area (Å²) in [5.74, 6) is -1.46. The van der Waals surface area contributed by atoms with Gasteiger partial charge in [-0.25, -0.2) is 18.7 Å². The van der Waals surface area contributed by atoms with Gasteiger partial charge in [0.1, 0.15) is 23.5 Å². The van der Waals surface area contributed by atoms with E-state index in [1.165, 1.54) is 12.3 Å². The van der Waals surface area contributed by atoms with Gasteiger partial charge in [-0.2, -0.15) is 5.10 Å². The summed E-state index contributed by atoms with van der Waals surface area (Å²) in [6.07, 6.45) is 4.08. The third-order valence-electron chi connectivity index (χ3n) is 6.99. The molecule has 9 nitrogen and oxygen atoms in total. The summed E-state index contributed by atoms with van der Waals surface area (Å²) in [6.45, 7) is 0.127. The lowest BCUT2D eigenvalue weighted by molar-refractivity contribution is -0.153. The molecule has 0 amide bonds. The van der Waals surface area contributed by atoms with Crippen LogP contribution < -0.4 is 5.32 Å². The van der Waals surface area contributed by atoms with Crippen molar-refractivity contribution in [3.05, 3.63) is 66.1 Å². The van der Waals surface area contributed by atoms with E-state index in [0.717, 1.165) is 6.20 Å². The van der Waals surface area contributed by atoms with Gasteiger partial charge in [0, 0.05) is 17.7 Å². The van der Waals surface area contributed by atoms with Crippen LogP contribution in [0.5, 0.6) is 0 Å². The average Bonchev–Trinajstić information content (AvgIpc) is 3.59. The number of hydrogen-bond donors (Lipinski definition) is 2. The number of aromatic nitrogens is 5. The molecule has 3 heterocycles. The van der Waals surface area contributed by atoms with Gasteiger partial charge in [0.25, 0.3) is 0 Å². The van der Waals surface area contributed by atoms with Crippen LogP contribution in [0.2, 0.25) is 0 Å². The predicted molar refractivity (Wildman–Crippen MR) is 119 cm³/mol. The summed E-state index contributed by atoms with van der Waals surface area (Å²) in [6, 6.07) is 9.55. The molecular weight excluding hydrogens is 458 g/mol. The molecule has 0 aliphatic heterocycles. The van der Waals surface area contributed by atoms with Gasteiger partial charge < -0.3 is 14.9 Å². The molecule has 4 aromatic rings. The fraction of sp³-hybridized carbons (Fsp3) is 0.292. The van der Waals surface area contributed by atoms with Gasteiger partial charge in [-0.05, 0) is 37.3 Å². The van der Waals surface area contributed by atoms with Crippen LogP contribution in [-0.2, 0) is 11.3 Å². The van der Waals surface area contributed by atoms with E-state index in [2.05, 4.69) is 25.5 Å². The van der Waals surface area contributed by atoms with Crippen molar-refractivity contribution in [1.29, 1.82) is 0 Å². The Morgan fingerprint density at radius 1 is 1.17 bits per heavy atom. The Morgan fingerprint density at radius 2 is 2.00 bits per heavy atom. The Balaban J connectivity index is 1.32. The van der Waals surface area contributed by atoms with Gasteiger partial charge in [-0.15, -0.1) is 0 Å². The number of nitrogens with one attached hydrogen (secondary N) is 1. The van der Waals surface area contributed by atoms with Gasteiger partial charge in [0.15, 0.2) is 17.5 Å². The number of aliphatic carboxylic acids is 1. The number of benzene rings is 1. The first kappa shape index (κ1) is 21.4. The van der Waals surface area contributed by atoms with Crippen molar-refractivity contribution in [2.45, 2.75) is 31.8 Å². The fourth-order valence-electron chi connectivity index (χ4n) is 5.17. The molecule has 1 aromatic carbocycles.